The average molecular weight is 207 g/mol. The van der Waals surface area contributed by atoms with E-state index in [0.29, 0.717) is 12.1 Å². The Morgan fingerprint density at radius 3 is 1.53 bits per heavy atom. The summed E-state index contributed by atoms with van der Waals surface area (Å²) in [5, 5.41) is 3.73. The van der Waals surface area contributed by atoms with Crippen LogP contribution in [0.4, 0.5) is 0 Å². The molecule has 1 nitrogen and oxygen atoms in total. The number of hydrogen-bond acceptors (Lipinski definition) is 1. The van der Waals surface area contributed by atoms with Crippen molar-refractivity contribution in [2.75, 3.05) is 0 Å². The van der Waals surface area contributed by atoms with E-state index in [4.69, 9.17) is 0 Å². The first-order valence-corrected chi connectivity index (χ1v) is 5.87. The first kappa shape index (κ1) is 12.5. The van der Waals surface area contributed by atoms with E-state index in [0.717, 1.165) is 0 Å². The minimum absolute atomic E-state index is 0.187. The second kappa shape index (κ2) is 4.13. The SMILES string of the molecule is C=CC(C)(C)[C@H]1CC[C@H](C(C)(C)C=C)N1. The first-order chi connectivity index (χ1) is 6.83. The Morgan fingerprint density at radius 1 is 0.933 bits per heavy atom. The average Bonchev–Trinajstić information content (AvgIpc) is 2.67. The topological polar surface area (TPSA) is 12.0 Å². The zero-order valence-corrected chi connectivity index (χ0v) is 10.6. The first-order valence-electron chi connectivity index (χ1n) is 5.87. The van der Waals surface area contributed by atoms with Gasteiger partial charge in [-0.25, -0.2) is 0 Å². The van der Waals surface area contributed by atoms with Crippen molar-refractivity contribution in [1.82, 2.24) is 5.32 Å². The zero-order valence-electron chi connectivity index (χ0n) is 10.6. The Bertz CT molecular complexity index is 224. The van der Waals surface area contributed by atoms with Crippen LogP contribution < -0.4 is 5.32 Å². The summed E-state index contributed by atoms with van der Waals surface area (Å²) in [5.74, 6) is 0. The van der Waals surface area contributed by atoms with Crippen molar-refractivity contribution in [1.29, 1.82) is 0 Å². The zero-order chi connectivity index (χ0) is 11.7. The lowest BCUT2D eigenvalue weighted by atomic mass is 9.83. The van der Waals surface area contributed by atoms with E-state index in [1.54, 1.807) is 0 Å². The molecule has 2 atom stereocenters. The minimum Gasteiger partial charge on any atom is -0.310 e. The van der Waals surface area contributed by atoms with Crippen molar-refractivity contribution in [3.8, 4) is 0 Å². The molecule has 1 fully saturated rings. The Hall–Kier alpha value is -0.560. The van der Waals surface area contributed by atoms with E-state index in [9.17, 15) is 0 Å². The maximum Gasteiger partial charge on any atom is 0.0156 e. The van der Waals surface area contributed by atoms with Gasteiger partial charge in [-0.05, 0) is 23.7 Å². The summed E-state index contributed by atoms with van der Waals surface area (Å²) in [6, 6.07) is 1.11. The van der Waals surface area contributed by atoms with Gasteiger partial charge in [0.05, 0.1) is 0 Å². The van der Waals surface area contributed by atoms with Crippen molar-refractivity contribution >= 4 is 0 Å². The maximum atomic E-state index is 3.92. The molecule has 15 heavy (non-hydrogen) atoms. The predicted molar refractivity (Wildman–Crippen MR) is 67.9 cm³/mol. The van der Waals surface area contributed by atoms with Crippen LogP contribution in [0, 0.1) is 10.8 Å². The lowest BCUT2D eigenvalue weighted by Gasteiger charge is -2.33. The molecule has 1 saturated heterocycles. The lowest BCUT2D eigenvalue weighted by Crippen LogP contribution is -2.44. The molecule has 1 heteroatoms. The molecule has 86 valence electrons. The van der Waals surface area contributed by atoms with Gasteiger partial charge in [0.25, 0.3) is 0 Å². The van der Waals surface area contributed by atoms with Gasteiger partial charge in [-0.1, -0.05) is 39.8 Å². The fourth-order valence-electron chi connectivity index (χ4n) is 2.20. The molecular weight excluding hydrogens is 182 g/mol. The Morgan fingerprint density at radius 2 is 1.27 bits per heavy atom. The number of nitrogens with one attached hydrogen (secondary N) is 1. The third kappa shape index (κ3) is 2.52. The van der Waals surface area contributed by atoms with Gasteiger partial charge >= 0.3 is 0 Å². The molecule has 1 N–H and O–H groups in total. The van der Waals surface area contributed by atoms with Crippen LogP contribution in [-0.2, 0) is 0 Å². The summed E-state index contributed by atoms with van der Waals surface area (Å²) < 4.78 is 0. The van der Waals surface area contributed by atoms with Crippen LogP contribution in [0.25, 0.3) is 0 Å². The molecule has 0 aromatic carbocycles. The van der Waals surface area contributed by atoms with Crippen LogP contribution in [0.2, 0.25) is 0 Å². The van der Waals surface area contributed by atoms with Crippen LogP contribution >= 0.6 is 0 Å². The van der Waals surface area contributed by atoms with Crippen LogP contribution in [0.5, 0.6) is 0 Å². The standard InChI is InChI=1S/C14H25N/c1-7-13(3,4)11-9-10-12(15-11)14(5,6)8-2/h7-8,11-12,15H,1-2,9-10H2,3-6H3/t11-,12-/m1/s1. The highest BCUT2D eigenvalue weighted by Gasteiger charge is 2.38. The van der Waals surface area contributed by atoms with E-state index in [-0.39, 0.29) is 10.8 Å². The van der Waals surface area contributed by atoms with E-state index >= 15 is 0 Å². The summed E-state index contributed by atoms with van der Waals surface area (Å²) in [6.07, 6.45) is 6.60. The lowest BCUT2D eigenvalue weighted by molar-refractivity contribution is 0.283. The summed E-state index contributed by atoms with van der Waals surface area (Å²) in [5.41, 5.74) is 0.373. The Labute approximate surface area is 94.6 Å². The largest absolute Gasteiger partial charge is 0.310 e. The molecule has 1 aliphatic rings. The molecule has 0 unspecified atom stereocenters. The molecule has 1 aliphatic heterocycles. The second-order valence-corrected chi connectivity index (χ2v) is 5.90. The predicted octanol–water partition coefficient (Wildman–Crippen LogP) is 3.53. The van der Waals surface area contributed by atoms with E-state index in [2.05, 4.69) is 58.3 Å². The van der Waals surface area contributed by atoms with Crippen molar-refractivity contribution in [2.45, 2.75) is 52.6 Å². The molecule has 0 radical (unpaired) electrons. The highest BCUT2D eigenvalue weighted by molar-refractivity contribution is 5.06. The summed E-state index contributed by atoms with van der Waals surface area (Å²) >= 11 is 0. The van der Waals surface area contributed by atoms with Crippen LogP contribution in [0.15, 0.2) is 25.3 Å². The Balaban J connectivity index is 2.68. The minimum atomic E-state index is 0.187. The molecule has 0 aliphatic carbocycles. The number of hydrogen-bond donors (Lipinski definition) is 1. The van der Waals surface area contributed by atoms with Crippen molar-refractivity contribution in [2.24, 2.45) is 10.8 Å². The van der Waals surface area contributed by atoms with Gasteiger partial charge in [-0.3, -0.25) is 0 Å². The van der Waals surface area contributed by atoms with Crippen LogP contribution in [-0.4, -0.2) is 12.1 Å². The van der Waals surface area contributed by atoms with Crippen molar-refractivity contribution in [3.63, 3.8) is 0 Å². The fourth-order valence-corrected chi connectivity index (χ4v) is 2.20. The highest BCUT2D eigenvalue weighted by atomic mass is 15.0. The molecule has 0 aromatic heterocycles. The quantitative estimate of drug-likeness (QED) is 0.695. The van der Waals surface area contributed by atoms with Gasteiger partial charge < -0.3 is 5.32 Å². The summed E-state index contributed by atoms with van der Waals surface area (Å²) in [6.45, 7) is 16.9. The molecule has 0 aromatic rings. The highest BCUT2D eigenvalue weighted by Crippen LogP contribution is 2.36. The van der Waals surface area contributed by atoms with Crippen LogP contribution in [0.1, 0.15) is 40.5 Å². The summed E-state index contributed by atoms with van der Waals surface area (Å²) in [7, 11) is 0. The molecule has 0 saturated carbocycles. The monoisotopic (exact) mass is 207 g/mol. The van der Waals surface area contributed by atoms with E-state index < -0.39 is 0 Å². The second-order valence-electron chi connectivity index (χ2n) is 5.90. The van der Waals surface area contributed by atoms with Gasteiger partial charge in [0.15, 0.2) is 0 Å². The molecule has 0 bridgehead atoms. The van der Waals surface area contributed by atoms with Gasteiger partial charge in [-0.2, -0.15) is 0 Å². The van der Waals surface area contributed by atoms with Gasteiger partial charge in [0.1, 0.15) is 0 Å². The molecule has 1 heterocycles. The van der Waals surface area contributed by atoms with E-state index in [1.807, 2.05) is 0 Å². The molecular formula is C14H25N. The molecule has 0 amide bonds. The van der Waals surface area contributed by atoms with E-state index in [1.165, 1.54) is 12.8 Å². The molecule has 1 rings (SSSR count). The normalized spacial score (nSPS) is 27.7. The molecule has 0 spiro atoms. The van der Waals surface area contributed by atoms with Gasteiger partial charge in [0, 0.05) is 12.1 Å². The Kier molecular flexibility index (Phi) is 3.44. The summed E-state index contributed by atoms with van der Waals surface area (Å²) in [4.78, 5) is 0. The number of rotatable bonds is 4. The van der Waals surface area contributed by atoms with Gasteiger partial charge in [0.2, 0.25) is 0 Å². The third-order valence-electron chi connectivity index (χ3n) is 3.99. The van der Waals surface area contributed by atoms with Crippen molar-refractivity contribution in [3.05, 3.63) is 25.3 Å². The smallest absolute Gasteiger partial charge is 0.0156 e. The van der Waals surface area contributed by atoms with Crippen molar-refractivity contribution < 1.29 is 0 Å². The third-order valence-corrected chi connectivity index (χ3v) is 3.99. The fraction of sp³-hybridized carbons (Fsp3) is 0.714. The van der Waals surface area contributed by atoms with Crippen LogP contribution in [0.3, 0.4) is 0 Å². The van der Waals surface area contributed by atoms with Gasteiger partial charge in [-0.15, -0.1) is 13.2 Å². The maximum absolute atomic E-state index is 3.92.